The fourth-order valence-corrected chi connectivity index (χ4v) is 8.77. The van der Waals surface area contributed by atoms with Gasteiger partial charge in [0.25, 0.3) is 17.7 Å². The van der Waals surface area contributed by atoms with Crippen molar-refractivity contribution in [1.29, 1.82) is 0 Å². The van der Waals surface area contributed by atoms with Crippen LogP contribution in [-0.2, 0) is 11.2 Å². The van der Waals surface area contributed by atoms with E-state index in [0.717, 1.165) is 64.4 Å². The molecule has 0 bridgehead atoms. The minimum absolute atomic E-state index is 0.156. The van der Waals surface area contributed by atoms with Gasteiger partial charge in [0.15, 0.2) is 0 Å². The van der Waals surface area contributed by atoms with Gasteiger partial charge in [-0.1, -0.05) is 25.1 Å². The highest BCUT2D eigenvalue weighted by molar-refractivity contribution is 7.17. The van der Waals surface area contributed by atoms with Crippen LogP contribution in [0.5, 0.6) is 0 Å². The summed E-state index contributed by atoms with van der Waals surface area (Å²) in [6.45, 7) is 12.6. The summed E-state index contributed by atoms with van der Waals surface area (Å²) in [5.74, 6) is 0.0340. The van der Waals surface area contributed by atoms with Crippen LogP contribution in [0.3, 0.4) is 0 Å². The zero-order valence-corrected chi connectivity index (χ0v) is 33.7. The number of nitrogens with two attached hydrogens (primary N) is 1. The summed E-state index contributed by atoms with van der Waals surface area (Å²) in [5, 5.41) is 6.14. The number of ether oxygens (including phenoxy) is 1. The summed E-state index contributed by atoms with van der Waals surface area (Å²) in [6.07, 6.45) is 4.34. The van der Waals surface area contributed by atoms with Gasteiger partial charge in [-0.3, -0.25) is 19.4 Å². The van der Waals surface area contributed by atoms with Crippen molar-refractivity contribution in [3.63, 3.8) is 0 Å². The summed E-state index contributed by atoms with van der Waals surface area (Å²) in [6, 6.07) is 20.2. The lowest BCUT2D eigenvalue weighted by Crippen LogP contribution is -2.57. The van der Waals surface area contributed by atoms with E-state index in [0.29, 0.717) is 58.5 Å². The number of aromatic nitrogens is 2. The van der Waals surface area contributed by atoms with Crippen LogP contribution in [-0.4, -0.2) is 61.0 Å². The molecule has 0 aliphatic carbocycles. The molecule has 0 radical (unpaired) electrons. The van der Waals surface area contributed by atoms with Crippen LogP contribution in [0.25, 0.3) is 10.6 Å². The van der Waals surface area contributed by atoms with E-state index in [4.69, 9.17) is 15.5 Å². The molecular weight excluding hydrogens is 723 g/mol. The highest BCUT2D eigenvalue weighted by Gasteiger charge is 2.42. The highest BCUT2D eigenvalue weighted by Crippen LogP contribution is 2.42. The van der Waals surface area contributed by atoms with Gasteiger partial charge in [-0.15, -0.1) is 11.3 Å². The third-order valence-corrected chi connectivity index (χ3v) is 12.2. The van der Waals surface area contributed by atoms with Crippen molar-refractivity contribution in [1.82, 2.24) is 9.97 Å². The fourth-order valence-electron chi connectivity index (χ4n) is 7.66. The molecular formula is C44H49N7O4S. The number of fused-ring (bicyclic) bond motifs is 3. The number of hydrogen-bond acceptors (Lipinski definition) is 9. The summed E-state index contributed by atoms with van der Waals surface area (Å²) in [4.78, 5) is 56.4. The fraction of sp³-hybridized carbons (Fsp3) is 0.341. The SMILES string of the molecule is CCC1(CCOC)CN(c2ncc(C)cc2C(=O)Nc2ccc(C(=O)N3CCc4cc(C(=O)Nc5c(C)cccc5C(C)N)sc4-c4nc(C)ccc43)cc2)C1. The molecule has 0 spiro atoms. The van der Waals surface area contributed by atoms with E-state index in [9.17, 15) is 14.4 Å². The third-order valence-electron chi connectivity index (χ3n) is 11.0. The molecule has 2 aliphatic rings. The number of thiophene rings is 1. The number of benzene rings is 2. The number of pyridine rings is 2. The summed E-state index contributed by atoms with van der Waals surface area (Å²) in [7, 11) is 1.73. The van der Waals surface area contributed by atoms with Gasteiger partial charge in [0.2, 0.25) is 0 Å². The van der Waals surface area contributed by atoms with Crippen LogP contribution in [0, 0.1) is 26.2 Å². The van der Waals surface area contributed by atoms with Crippen molar-refractivity contribution in [2.75, 3.05) is 53.8 Å². The number of amides is 3. The lowest BCUT2D eigenvalue weighted by Gasteiger charge is -2.51. The van der Waals surface area contributed by atoms with Gasteiger partial charge in [0.05, 0.1) is 21.0 Å². The molecule has 56 heavy (non-hydrogen) atoms. The summed E-state index contributed by atoms with van der Waals surface area (Å²) < 4.78 is 5.35. The monoisotopic (exact) mass is 771 g/mol. The Kier molecular flexibility index (Phi) is 11.1. The number of methoxy groups -OCH3 is 1. The lowest BCUT2D eigenvalue weighted by molar-refractivity contribution is 0.0985. The van der Waals surface area contributed by atoms with E-state index in [-0.39, 0.29) is 29.2 Å². The van der Waals surface area contributed by atoms with Gasteiger partial charge >= 0.3 is 0 Å². The van der Waals surface area contributed by atoms with Crippen LogP contribution in [0.2, 0.25) is 0 Å². The van der Waals surface area contributed by atoms with Crippen LogP contribution in [0.15, 0.2) is 72.9 Å². The average Bonchev–Trinajstić information content (AvgIpc) is 3.54. The van der Waals surface area contributed by atoms with Gasteiger partial charge < -0.3 is 30.9 Å². The van der Waals surface area contributed by atoms with Crippen LogP contribution >= 0.6 is 11.3 Å². The van der Waals surface area contributed by atoms with E-state index >= 15 is 0 Å². The molecule has 2 aromatic carbocycles. The van der Waals surface area contributed by atoms with Crippen molar-refractivity contribution < 1.29 is 19.1 Å². The maximum Gasteiger partial charge on any atom is 0.265 e. The molecule has 1 unspecified atom stereocenters. The Labute approximate surface area is 332 Å². The molecule has 1 saturated heterocycles. The van der Waals surface area contributed by atoms with Crippen molar-refractivity contribution in [2.45, 2.75) is 59.9 Å². The zero-order valence-electron chi connectivity index (χ0n) is 32.9. The molecule has 7 rings (SSSR count). The molecule has 11 nitrogen and oxygen atoms in total. The lowest BCUT2D eigenvalue weighted by atomic mass is 9.74. The molecule has 12 heteroatoms. The van der Waals surface area contributed by atoms with Gasteiger partial charge in [-0.05, 0) is 118 Å². The quantitative estimate of drug-likeness (QED) is 0.122. The number of carbonyl (C=O) groups is 3. The Morgan fingerprint density at radius 3 is 2.48 bits per heavy atom. The molecule has 3 amide bonds. The Hall–Kier alpha value is -5.43. The molecule has 0 saturated carbocycles. The van der Waals surface area contributed by atoms with E-state index in [2.05, 4.69) is 27.4 Å². The number of hydrogen-bond donors (Lipinski definition) is 3. The highest BCUT2D eigenvalue weighted by atomic mass is 32.1. The molecule has 3 aromatic heterocycles. The number of nitrogens with zero attached hydrogens (tertiary/aromatic N) is 4. The van der Waals surface area contributed by atoms with Crippen molar-refractivity contribution in [2.24, 2.45) is 11.1 Å². The second-order valence-electron chi connectivity index (χ2n) is 15.1. The predicted molar refractivity (Wildman–Crippen MR) is 224 cm³/mol. The predicted octanol–water partition coefficient (Wildman–Crippen LogP) is 8.11. The van der Waals surface area contributed by atoms with Crippen molar-refractivity contribution >= 4 is 51.9 Å². The molecule has 1 fully saturated rings. The van der Waals surface area contributed by atoms with E-state index < -0.39 is 0 Å². The first kappa shape index (κ1) is 38.8. The Bertz CT molecular complexity index is 2300. The number of nitrogens with one attached hydrogen (secondary N) is 2. The first-order valence-electron chi connectivity index (χ1n) is 19.1. The van der Waals surface area contributed by atoms with Gasteiger partial charge in [-0.2, -0.15) is 0 Å². The summed E-state index contributed by atoms with van der Waals surface area (Å²) >= 11 is 1.38. The Morgan fingerprint density at radius 1 is 1.00 bits per heavy atom. The number of anilines is 4. The Balaban J connectivity index is 1.08. The first-order valence-corrected chi connectivity index (χ1v) is 19.9. The number of carbonyl (C=O) groups excluding carboxylic acids is 3. The zero-order chi connectivity index (χ0) is 39.7. The van der Waals surface area contributed by atoms with Gasteiger partial charge in [0.1, 0.15) is 11.5 Å². The molecule has 2 aliphatic heterocycles. The number of rotatable bonds is 11. The van der Waals surface area contributed by atoms with Gasteiger partial charge in [0, 0.05) is 73.6 Å². The van der Waals surface area contributed by atoms with Gasteiger partial charge in [-0.25, -0.2) is 4.98 Å². The standard InChI is InChI=1S/C44H49N7O4S/c1-7-44(18-20-55-6)24-50(25-44)40-34(21-26(2)23-46-40)41(52)48-32-14-12-30(13-15-32)43(54)51-19-17-31-22-36(56-39(31)38-35(51)16-11-28(4)47-38)42(53)49-37-27(3)9-8-10-33(37)29(5)45/h8-16,21-23,29H,7,17-20,24-25,45H2,1-6H3,(H,48,52)(H,49,53). The largest absolute Gasteiger partial charge is 0.385 e. The van der Waals surface area contributed by atoms with Crippen LogP contribution in [0.4, 0.5) is 22.9 Å². The minimum atomic E-state index is -0.253. The van der Waals surface area contributed by atoms with Crippen molar-refractivity contribution in [3.8, 4) is 10.6 Å². The van der Waals surface area contributed by atoms with E-state index in [1.807, 2.05) is 70.2 Å². The van der Waals surface area contributed by atoms with Crippen LogP contribution < -0.4 is 26.2 Å². The van der Waals surface area contributed by atoms with E-state index in [1.54, 1.807) is 42.5 Å². The van der Waals surface area contributed by atoms with Crippen molar-refractivity contribution in [3.05, 3.63) is 117 Å². The van der Waals surface area contributed by atoms with Crippen LogP contribution in [0.1, 0.15) is 91.1 Å². The summed E-state index contributed by atoms with van der Waals surface area (Å²) in [5.41, 5.74) is 14.5. The molecule has 5 heterocycles. The second kappa shape index (κ2) is 16.0. The molecule has 5 aromatic rings. The average molecular weight is 772 g/mol. The topological polar surface area (TPSA) is 143 Å². The third kappa shape index (κ3) is 7.69. The molecule has 4 N–H and O–H groups in total. The molecule has 290 valence electrons. The normalized spacial score (nSPS) is 14.9. The number of para-hydroxylation sites is 1. The van der Waals surface area contributed by atoms with E-state index in [1.165, 1.54) is 11.3 Å². The smallest absolute Gasteiger partial charge is 0.265 e. The minimum Gasteiger partial charge on any atom is -0.385 e. The maximum absolute atomic E-state index is 14.2. The Morgan fingerprint density at radius 2 is 1.77 bits per heavy atom. The molecule has 1 atom stereocenters. The maximum atomic E-state index is 14.2. The first-order chi connectivity index (χ1) is 26.9. The second-order valence-corrected chi connectivity index (χ2v) is 16.2. The number of aryl methyl sites for hydroxylation is 3.